The van der Waals surface area contributed by atoms with Crippen LogP contribution in [0.25, 0.3) is 10.9 Å². The molecule has 0 aliphatic heterocycles. The molecule has 100 valence electrons. The van der Waals surface area contributed by atoms with Gasteiger partial charge >= 0.3 is 0 Å². The normalized spacial score (nSPS) is 11.5. The van der Waals surface area contributed by atoms with E-state index in [-0.39, 0.29) is 18.1 Å². The lowest BCUT2D eigenvalue weighted by molar-refractivity contribution is 0.0692. The number of benzene rings is 1. The van der Waals surface area contributed by atoms with Crippen molar-refractivity contribution in [3.05, 3.63) is 36.0 Å². The number of nitrogens with one attached hydrogen (secondary N) is 1. The fourth-order valence-electron chi connectivity index (χ4n) is 1.71. The number of aliphatic hydroxyl groups is 1. The number of nitrogens with two attached hydrogens (primary N) is 1. The summed E-state index contributed by atoms with van der Waals surface area (Å²) in [4.78, 5) is 16.2. The molecule has 1 heterocycles. The Labute approximate surface area is 111 Å². The van der Waals surface area contributed by atoms with Crippen molar-refractivity contribution < 1.29 is 9.90 Å². The van der Waals surface area contributed by atoms with Crippen molar-refractivity contribution in [2.45, 2.75) is 19.4 Å². The van der Waals surface area contributed by atoms with E-state index in [9.17, 15) is 9.90 Å². The molecule has 0 atom stereocenters. The van der Waals surface area contributed by atoms with E-state index in [1.165, 1.54) is 0 Å². The molecule has 0 aliphatic rings. The third-order valence-corrected chi connectivity index (χ3v) is 2.66. The molecule has 5 heteroatoms. The first-order valence-electron chi connectivity index (χ1n) is 6.03. The van der Waals surface area contributed by atoms with Crippen LogP contribution in [0.5, 0.6) is 0 Å². The molecular formula is C14H17N3O2. The highest BCUT2D eigenvalue weighted by Crippen LogP contribution is 2.19. The van der Waals surface area contributed by atoms with Gasteiger partial charge in [0.15, 0.2) is 0 Å². The van der Waals surface area contributed by atoms with Gasteiger partial charge in [0, 0.05) is 17.6 Å². The predicted octanol–water partition coefficient (Wildman–Crippen LogP) is 1.32. The van der Waals surface area contributed by atoms with Gasteiger partial charge in [0.05, 0.1) is 11.1 Å². The number of carbonyl (C=O) groups is 1. The molecule has 1 aromatic heterocycles. The van der Waals surface area contributed by atoms with Crippen molar-refractivity contribution in [3.8, 4) is 0 Å². The molecule has 0 saturated heterocycles. The van der Waals surface area contributed by atoms with Crippen molar-refractivity contribution in [1.82, 2.24) is 10.3 Å². The van der Waals surface area contributed by atoms with Gasteiger partial charge in [0.25, 0.3) is 5.91 Å². The van der Waals surface area contributed by atoms with E-state index in [0.29, 0.717) is 11.2 Å². The van der Waals surface area contributed by atoms with Crippen molar-refractivity contribution in [1.29, 1.82) is 0 Å². The summed E-state index contributed by atoms with van der Waals surface area (Å²) in [5.41, 5.74) is 6.39. The Bertz CT molecular complexity index is 618. The third-order valence-electron chi connectivity index (χ3n) is 2.66. The number of nitrogen functional groups attached to an aromatic ring is 1. The maximum atomic E-state index is 11.9. The Balaban J connectivity index is 2.28. The number of pyridine rings is 1. The molecule has 0 fully saturated rings. The van der Waals surface area contributed by atoms with E-state index < -0.39 is 5.60 Å². The second-order valence-corrected chi connectivity index (χ2v) is 5.11. The molecule has 0 spiro atoms. The molecule has 0 radical (unpaired) electrons. The summed E-state index contributed by atoms with van der Waals surface area (Å²) in [5.74, 6) is -0.348. The lowest BCUT2D eigenvalue weighted by Crippen LogP contribution is -2.38. The minimum atomic E-state index is -0.960. The highest BCUT2D eigenvalue weighted by molar-refractivity contribution is 5.99. The number of para-hydroxylation sites is 1. The Morgan fingerprint density at radius 1 is 1.42 bits per heavy atom. The Kier molecular flexibility index (Phi) is 3.40. The highest BCUT2D eigenvalue weighted by atomic mass is 16.3. The lowest BCUT2D eigenvalue weighted by atomic mass is 10.1. The van der Waals surface area contributed by atoms with E-state index >= 15 is 0 Å². The van der Waals surface area contributed by atoms with Gasteiger partial charge in [0.1, 0.15) is 5.69 Å². The summed E-state index contributed by atoms with van der Waals surface area (Å²) in [5, 5.41) is 13.0. The SMILES string of the molecule is CC(C)(O)CNC(=O)c1cc(N)c2ccccc2n1. The summed E-state index contributed by atoms with van der Waals surface area (Å²) in [6.07, 6.45) is 0. The van der Waals surface area contributed by atoms with Crippen LogP contribution in [0, 0.1) is 0 Å². The second kappa shape index (κ2) is 4.85. The number of anilines is 1. The van der Waals surface area contributed by atoms with Crippen LogP contribution in [-0.4, -0.2) is 28.1 Å². The van der Waals surface area contributed by atoms with Crippen molar-refractivity contribution in [3.63, 3.8) is 0 Å². The van der Waals surface area contributed by atoms with Gasteiger partial charge in [-0.1, -0.05) is 18.2 Å². The van der Waals surface area contributed by atoms with Crippen LogP contribution in [0.2, 0.25) is 0 Å². The molecule has 0 unspecified atom stereocenters. The van der Waals surface area contributed by atoms with Gasteiger partial charge < -0.3 is 16.2 Å². The zero-order valence-electron chi connectivity index (χ0n) is 11.0. The van der Waals surface area contributed by atoms with Crippen molar-refractivity contribution in [2.24, 2.45) is 0 Å². The van der Waals surface area contributed by atoms with Gasteiger partial charge in [-0.25, -0.2) is 4.98 Å². The number of nitrogens with zero attached hydrogens (tertiary/aromatic N) is 1. The van der Waals surface area contributed by atoms with Crippen LogP contribution >= 0.6 is 0 Å². The molecule has 0 aliphatic carbocycles. The zero-order chi connectivity index (χ0) is 14.0. The molecular weight excluding hydrogens is 242 g/mol. The summed E-state index contributed by atoms with van der Waals surface area (Å²) in [6.45, 7) is 3.39. The number of hydrogen-bond donors (Lipinski definition) is 3. The van der Waals surface area contributed by atoms with Gasteiger partial charge in [-0.15, -0.1) is 0 Å². The first kappa shape index (κ1) is 13.3. The molecule has 2 aromatic rings. The zero-order valence-corrected chi connectivity index (χ0v) is 11.0. The van der Waals surface area contributed by atoms with E-state index in [4.69, 9.17) is 5.73 Å². The number of hydrogen-bond acceptors (Lipinski definition) is 4. The maximum absolute atomic E-state index is 11.9. The molecule has 4 N–H and O–H groups in total. The minimum absolute atomic E-state index is 0.153. The predicted molar refractivity (Wildman–Crippen MR) is 74.8 cm³/mol. The quantitative estimate of drug-likeness (QED) is 0.775. The van der Waals surface area contributed by atoms with Gasteiger partial charge in [-0.05, 0) is 26.0 Å². The van der Waals surface area contributed by atoms with Crippen molar-refractivity contribution in [2.75, 3.05) is 12.3 Å². The van der Waals surface area contributed by atoms with E-state index in [2.05, 4.69) is 10.3 Å². The maximum Gasteiger partial charge on any atom is 0.270 e. The smallest absolute Gasteiger partial charge is 0.270 e. The number of amides is 1. The minimum Gasteiger partial charge on any atom is -0.398 e. The Morgan fingerprint density at radius 3 is 2.79 bits per heavy atom. The van der Waals surface area contributed by atoms with E-state index in [0.717, 1.165) is 5.39 Å². The van der Waals surface area contributed by atoms with Gasteiger partial charge in [0.2, 0.25) is 0 Å². The molecule has 1 aromatic carbocycles. The average molecular weight is 259 g/mol. The van der Waals surface area contributed by atoms with Crippen LogP contribution in [0.15, 0.2) is 30.3 Å². The first-order chi connectivity index (χ1) is 8.87. The van der Waals surface area contributed by atoms with E-state index in [1.807, 2.05) is 18.2 Å². The Morgan fingerprint density at radius 2 is 2.11 bits per heavy atom. The molecule has 0 bridgehead atoms. The molecule has 19 heavy (non-hydrogen) atoms. The monoisotopic (exact) mass is 259 g/mol. The average Bonchev–Trinajstić information content (AvgIpc) is 2.35. The largest absolute Gasteiger partial charge is 0.398 e. The standard InChI is InChI=1S/C14H17N3O2/c1-14(2,19)8-16-13(18)12-7-10(15)9-5-3-4-6-11(9)17-12/h3-7,19H,8H2,1-2H3,(H2,15,17)(H,16,18). The highest BCUT2D eigenvalue weighted by Gasteiger charge is 2.16. The molecule has 0 saturated carbocycles. The topological polar surface area (TPSA) is 88.2 Å². The van der Waals surface area contributed by atoms with Crippen LogP contribution in [0.1, 0.15) is 24.3 Å². The Hall–Kier alpha value is -2.14. The van der Waals surface area contributed by atoms with E-state index in [1.54, 1.807) is 26.0 Å². The third kappa shape index (κ3) is 3.20. The first-order valence-corrected chi connectivity index (χ1v) is 6.03. The van der Waals surface area contributed by atoms with Crippen LogP contribution < -0.4 is 11.1 Å². The lowest BCUT2D eigenvalue weighted by Gasteiger charge is -2.17. The number of fused-ring (bicyclic) bond motifs is 1. The molecule has 5 nitrogen and oxygen atoms in total. The van der Waals surface area contributed by atoms with Crippen LogP contribution in [0.4, 0.5) is 5.69 Å². The number of rotatable bonds is 3. The summed E-state index contributed by atoms with van der Waals surface area (Å²) >= 11 is 0. The van der Waals surface area contributed by atoms with Gasteiger partial charge in [-0.2, -0.15) is 0 Å². The van der Waals surface area contributed by atoms with Crippen LogP contribution in [-0.2, 0) is 0 Å². The fraction of sp³-hybridized carbons (Fsp3) is 0.286. The molecule has 1 amide bonds. The summed E-state index contributed by atoms with van der Waals surface area (Å²) in [6, 6.07) is 8.92. The summed E-state index contributed by atoms with van der Waals surface area (Å²) < 4.78 is 0. The van der Waals surface area contributed by atoms with Crippen molar-refractivity contribution >= 4 is 22.5 Å². The number of aromatic nitrogens is 1. The second-order valence-electron chi connectivity index (χ2n) is 5.11. The molecule has 2 rings (SSSR count). The summed E-state index contributed by atoms with van der Waals surface area (Å²) in [7, 11) is 0. The number of carbonyl (C=O) groups excluding carboxylic acids is 1. The van der Waals surface area contributed by atoms with Crippen LogP contribution in [0.3, 0.4) is 0 Å². The fourth-order valence-corrected chi connectivity index (χ4v) is 1.71. The van der Waals surface area contributed by atoms with Gasteiger partial charge in [-0.3, -0.25) is 4.79 Å².